The van der Waals surface area contributed by atoms with Gasteiger partial charge < -0.3 is 0 Å². The van der Waals surface area contributed by atoms with E-state index in [0.29, 0.717) is 6.04 Å². The number of nitrogens with two attached hydrogens (primary N) is 1. The highest BCUT2D eigenvalue weighted by molar-refractivity contribution is 7.10. The molecule has 0 saturated heterocycles. The summed E-state index contributed by atoms with van der Waals surface area (Å²) in [5.41, 5.74) is 4.38. The number of hydrogen-bond donors (Lipinski definition) is 2. The first-order valence-electron chi connectivity index (χ1n) is 5.72. The number of thiophene rings is 1. The minimum Gasteiger partial charge on any atom is -0.271 e. The molecule has 2 rings (SSSR count). The first-order chi connectivity index (χ1) is 7.20. The molecule has 3 N–H and O–H groups in total. The first-order valence-corrected chi connectivity index (χ1v) is 6.60. The van der Waals surface area contributed by atoms with Gasteiger partial charge in [-0.3, -0.25) is 11.3 Å². The Morgan fingerprint density at radius 3 is 2.80 bits per heavy atom. The van der Waals surface area contributed by atoms with Gasteiger partial charge in [0.2, 0.25) is 0 Å². The van der Waals surface area contributed by atoms with Gasteiger partial charge in [0.1, 0.15) is 0 Å². The van der Waals surface area contributed by atoms with Crippen LogP contribution in [0.15, 0.2) is 11.4 Å². The Hall–Kier alpha value is -0.380. The van der Waals surface area contributed by atoms with E-state index in [9.17, 15) is 0 Å². The summed E-state index contributed by atoms with van der Waals surface area (Å²) in [6.45, 7) is 4.49. The van der Waals surface area contributed by atoms with Crippen LogP contribution < -0.4 is 11.3 Å². The van der Waals surface area contributed by atoms with Crippen LogP contribution >= 0.6 is 11.3 Å². The molecule has 3 unspecified atom stereocenters. The Morgan fingerprint density at radius 1 is 1.53 bits per heavy atom. The van der Waals surface area contributed by atoms with E-state index in [-0.39, 0.29) is 0 Å². The maximum absolute atomic E-state index is 5.69. The van der Waals surface area contributed by atoms with Crippen molar-refractivity contribution in [3.8, 4) is 0 Å². The van der Waals surface area contributed by atoms with Crippen molar-refractivity contribution in [3.05, 3.63) is 21.9 Å². The van der Waals surface area contributed by atoms with Gasteiger partial charge in [0.15, 0.2) is 0 Å². The molecule has 0 aromatic carbocycles. The lowest BCUT2D eigenvalue weighted by molar-refractivity contribution is 0.364. The highest BCUT2D eigenvalue weighted by Gasteiger charge is 2.29. The zero-order valence-electron chi connectivity index (χ0n) is 9.49. The molecular weight excluding hydrogens is 204 g/mol. The lowest BCUT2D eigenvalue weighted by Gasteiger charge is -2.21. The van der Waals surface area contributed by atoms with Crippen LogP contribution in [-0.2, 0) is 0 Å². The topological polar surface area (TPSA) is 38.0 Å². The van der Waals surface area contributed by atoms with Crippen LogP contribution in [0.5, 0.6) is 0 Å². The van der Waals surface area contributed by atoms with Crippen molar-refractivity contribution < 1.29 is 0 Å². The monoisotopic (exact) mass is 224 g/mol. The summed E-state index contributed by atoms with van der Waals surface area (Å²) < 4.78 is 0. The third-order valence-electron chi connectivity index (χ3n) is 3.50. The Bertz CT molecular complexity index is 321. The molecule has 1 heterocycles. The number of nitrogens with one attached hydrogen (secondary N) is 1. The number of aryl methyl sites for hydroxylation is 1. The van der Waals surface area contributed by atoms with E-state index in [1.807, 2.05) is 11.3 Å². The van der Waals surface area contributed by atoms with Crippen LogP contribution in [0.25, 0.3) is 0 Å². The molecule has 1 aliphatic carbocycles. The van der Waals surface area contributed by atoms with Gasteiger partial charge in [-0.25, -0.2) is 0 Å². The molecule has 1 fully saturated rings. The van der Waals surface area contributed by atoms with Crippen LogP contribution in [-0.4, -0.2) is 0 Å². The van der Waals surface area contributed by atoms with E-state index < -0.39 is 0 Å². The van der Waals surface area contributed by atoms with E-state index in [1.54, 1.807) is 0 Å². The lowest BCUT2D eigenvalue weighted by Crippen LogP contribution is -2.32. The maximum atomic E-state index is 5.69. The second kappa shape index (κ2) is 4.64. The summed E-state index contributed by atoms with van der Waals surface area (Å²) in [6, 6.07) is 2.62. The van der Waals surface area contributed by atoms with Gasteiger partial charge >= 0.3 is 0 Å². The van der Waals surface area contributed by atoms with Gasteiger partial charge in [0.05, 0.1) is 0 Å². The second-order valence-electron chi connectivity index (χ2n) is 4.81. The summed E-state index contributed by atoms with van der Waals surface area (Å²) >= 11 is 1.81. The molecule has 0 aliphatic heterocycles. The fourth-order valence-corrected chi connectivity index (χ4v) is 3.43. The van der Waals surface area contributed by atoms with Crippen LogP contribution in [0.3, 0.4) is 0 Å². The van der Waals surface area contributed by atoms with Crippen molar-refractivity contribution in [3.63, 3.8) is 0 Å². The normalized spacial score (nSPS) is 28.2. The number of hydrogen-bond acceptors (Lipinski definition) is 3. The predicted octanol–water partition coefficient (Wildman–Crippen LogP) is 3.00. The molecule has 2 nitrogen and oxygen atoms in total. The fourth-order valence-electron chi connectivity index (χ4n) is 2.69. The third kappa shape index (κ3) is 2.41. The Kier molecular flexibility index (Phi) is 3.44. The Labute approximate surface area is 95.8 Å². The van der Waals surface area contributed by atoms with Gasteiger partial charge in [-0.05, 0) is 48.6 Å². The summed E-state index contributed by atoms with van der Waals surface area (Å²) in [5, 5.41) is 2.24. The Balaban J connectivity index is 2.10. The average Bonchev–Trinajstić information content (AvgIpc) is 2.78. The minimum atomic E-state index is 0.361. The van der Waals surface area contributed by atoms with Gasteiger partial charge in [0, 0.05) is 10.9 Å². The first kappa shape index (κ1) is 11.1. The zero-order chi connectivity index (χ0) is 10.8. The molecule has 1 saturated carbocycles. The summed E-state index contributed by atoms with van der Waals surface area (Å²) in [5.74, 6) is 7.28. The van der Waals surface area contributed by atoms with Gasteiger partial charge in [-0.15, -0.1) is 11.3 Å². The summed E-state index contributed by atoms with van der Waals surface area (Å²) in [6.07, 6.45) is 3.97. The number of rotatable bonds is 3. The molecule has 1 aromatic heterocycles. The molecule has 3 heteroatoms. The van der Waals surface area contributed by atoms with E-state index >= 15 is 0 Å². The molecule has 0 spiro atoms. The molecule has 0 radical (unpaired) electrons. The quantitative estimate of drug-likeness (QED) is 0.612. The highest BCUT2D eigenvalue weighted by Crippen LogP contribution is 2.39. The number of hydrazine groups is 1. The van der Waals surface area contributed by atoms with Crippen LogP contribution in [0, 0.1) is 18.8 Å². The van der Waals surface area contributed by atoms with Crippen molar-refractivity contribution in [2.75, 3.05) is 0 Å². The van der Waals surface area contributed by atoms with Crippen molar-refractivity contribution in [1.29, 1.82) is 0 Å². The third-order valence-corrected chi connectivity index (χ3v) is 4.38. The standard InChI is InChI=1S/C12H20N2S/c1-8-3-4-10(5-8)12(14-13)11-6-9(2)15-7-11/h6-8,10,12,14H,3-5,13H2,1-2H3. The van der Waals surface area contributed by atoms with E-state index in [4.69, 9.17) is 5.84 Å². The summed E-state index contributed by atoms with van der Waals surface area (Å²) in [7, 11) is 0. The molecule has 1 aromatic rings. The molecule has 84 valence electrons. The molecular formula is C12H20N2S. The summed E-state index contributed by atoms with van der Waals surface area (Å²) in [4.78, 5) is 1.37. The molecule has 3 atom stereocenters. The van der Waals surface area contributed by atoms with Crippen molar-refractivity contribution >= 4 is 11.3 Å². The molecule has 0 amide bonds. The highest BCUT2D eigenvalue weighted by atomic mass is 32.1. The Morgan fingerprint density at radius 2 is 2.33 bits per heavy atom. The molecule has 0 bridgehead atoms. The lowest BCUT2D eigenvalue weighted by atomic mass is 9.93. The van der Waals surface area contributed by atoms with E-state index in [0.717, 1.165) is 11.8 Å². The van der Waals surface area contributed by atoms with E-state index in [2.05, 4.69) is 30.7 Å². The van der Waals surface area contributed by atoms with Crippen LogP contribution in [0.2, 0.25) is 0 Å². The fraction of sp³-hybridized carbons (Fsp3) is 0.667. The van der Waals surface area contributed by atoms with E-state index in [1.165, 1.54) is 29.7 Å². The van der Waals surface area contributed by atoms with Gasteiger partial charge in [-0.1, -0.05) is 13.3 Å². The zero-order valence-corrected chi connectivity index (χ0v) is 10.3. The van der Waals surface area contributed by atoms with Crippen molar-refractivity contribution in [1.82, 2.24) is 5.43 Å². The SMILES string of the molecule is Cc1cc(C(NN)C2CCC(C)C2)cs1. The van der Waals surface area contributed by atoms with Crippen LogP contribution in [0.1, 0.15) is 42.7 Å². The largest absolute Gasteiger partial charge is 0.271 e. The van der Waals surface area contributed by atoms with Crippen molar-refractivity contribution in [2.45, 2.75) is 39.2 Å². The maximum Gasteiger partial charge on any atom is 0.0496 e. The predicted molar refractivity (Wildman–Crippen MR) is 65.6 cm³/mol. The molecule has 15 heavy (non-hydrogen) atoms. The van der Waals surface area contributed by atoms with Crippen molar-refractivity contribution in [2.24, 2.45) is 17.7 Å². The minimum absolute atomic E-state index is 0.361. The molecule has 1 aliphatic rings. The van der Waals surface area contributed by atoms with Gasteiger partial charge in [-0.2, -0.15) is 0 Å². The van der Waals surface area contributed by atoms with Gasteiger partial charge in [0.25, 0.3) is 0 Å². The second-order valence-corrected chi connectivity index (χ2v) is 5.93. The van der Waals surface area contributed by atoms with Crippen LogP contribution in [0.4, 0.5) is 0 Å². The smallest absolute Gasteiger partial charge is 0.0496 e. The average molecular weight is 224 g/mol.